The van der Waals surface area contributed by atoms with Crippen molar-refractivity contribution in [1.82, 2.24) is 20.5 Å². The summed E-state index contributed by atoms with van der Waals surface area (Å²) >= 11 is 0. The van der Waals surface area contributed by atoms with Crippen molar-refractivity contribution < 1.29 is 33.1 Å². The van der Waals surface area contributed by atoms with Crippen LogP contribution in [0.15, 0.2) is 77.5 Å². The molecule has 2 N–H and O–H groups in total. The maximum absolute atomic E-state index is 13.2. The van der Waals surface area contributed by atoms with Gasteiger partial charge in [0.1, 0.15) is 23.4 Å². The number of hydrogen-bond acceptors (Lipinski definition) is 8. The molecule has 2 aliphatic rings. The van der Waals surface area contributed by atoms with E-state index in [0.717, 1.165) is 27.9 Å². The molecule has 2 aliphatic heterocycles. The van der Waals surface area contributed by atoms with Gasteiger partial charge in [-0.15, -0.1) is 0 Å². The molecule has 0 spiro atoms. The second-order valence-corrected chi connectivity index (χ2v) is 11.1. The van der Waals surface area contributed by atoms with Crippen LogP contribution in [-0.2, 0) is 25.7 Å². The van der Waals surface area contributed by atoms with Crippen molar-refractivity contribution in [3.05, 3.63) is 101 Å². The van der Waals surface area contributed by atoms with Crippen molar-refractivity contribution in [3.63, 3.8) is 0 Å². The predicted octanol–water partition coefficient (Wildman–Crippen LogP) is 4.21. The largest absolute Gasteiger partial charge is 0.459 e. The molecule has 6 rings (SSSR count). The van der Waals surface area contributed by atoms with Gasteiger partial charge in [-0.25, -0.2) is 0 Å². The average molecular weight is 609 g/mol. The van der Waals surface area contributed by atoms with Gasteiger partial charge in [-0.05, 0) is 49.1 Å². The highest BCUT2D eigenvalue weighted by atomic mass is 16.5. The number of imide groups is 2. The van der Waals surface area contributed by atoms with Crippen LogP contribution in [0.5, 0.6) is 0 Å². The van der Waals surface area contributed by atoms with Gasteiger partial charge in [0, 0.05) is 42.8 Å². The Hall–Kier alpha value is -5.16. The smallest absolute Gasteiger partial charge is 0.262 e. The number of nitrogens with zero attached hydrogens (tertiary/aromatic N) is 2. The zero-order chi connectivity index (χ0) is 31.3. The van der Waals surface area contributed by atoms with E-state index in [9.17, 15) is 24.0 Å². The summed E-state index contributed by atoms with van der Waals surface area (Å²) in [7, 11) is 0. The molecular weight excluding hydrogens is 576 g/mol. The Morgan fingerprint density at radius 3 is 2.69 bits per heavy atom. The van der Waals surface area contributed by atoms with Crippen molar-refractivity contribution in [2.24, 2.45) is 0 Å². The quantitative estimate of drug-likeness (QED) is 0.180. The number of carbonyl (C=O) groups is 5. The maximum atomic E-state index is 13.2. The van der Waals surface area contributed by atoms with Gasteiger partial charge in [-0.1, -0.05) is 42.8 Å². The second kappa shape index (κ2) is 13.2. The van der Waals surface area contributed by atoms with Crippen molar-refractivity contribution in [3.8, 4) is 0 Å². The molecular formula is C34H32N4O7. The summed E-state index contributed by atoms with van der Waals surface area (Å²) in [6, 6.07) is 16.8. The molecule has 45 heavy (non-hydrogen) atoms. The Kier molecular flexibility index (Phi) is 8.79. The number of furan rings is 1. The zero-order valence-corrected chi connectivity index (χ0v) is 24.5. The monoisotopic (exact) mass is 608 g/mol. The summed E-state index contributed by atoms with van der Waals surface area (Å²) in [5.74, 6) is -1.63. The standard InChI is InChI=1S/C34H32N4O7/c39-28(36-31(22-10-7-16-35-19-22)27-18-21-8-3-4-12-26(21)45-27)13-2-1-5-17-44-20-23-9-6-11-24-30(23)34(43)38(33(24)42)25-14-15-29(40)37-32(25)41/h3-4,6-12,16,18-19,25,31H,1-2,5,13-15,17,20H2,(H,36,39)(H,37,40,41). The van der Waals surface area contributed by atoms with Gasteiger partial charge in [0.15, 0.2) is 0 Å². The SMILES string of the molecule is O=C1CCC(N2C(=O)c3cccc(COCCCCCC(=O)NC(c4cccnc4)c4cc5ccccc5o4)c3C2=O)C(=O)N1. The van der Waals surface area contributed by atoms with Gasteiger partial charge in [0.05, 0.1) is 17.7 Å². The predicted molar refractivity (Wildman–Crippen MR) is 162 cm³/mol. The van der Waals surface area contributed by atoms with Crippen molar-refractivity contribution in [1.29, 1.82) is 0 Å². The molecule has 2 atom stereocenters. The number of pyridine rings is 1. The van der Waals surface area contributed by atoms with Crippen LogP contribution in [0.25, 0.3) is 11.0 Å². The third-order valence-electron chi connectivity index (χ3n) is 8.06. The highest BCUT2D eigenvalue weighted by Gasteiger charge is 2.45. The molecule has 1 fully saturated rings. The van der Waals surface area contributed by atoms with Crippen molar-refractivity contribution >= 4 is 40.5 Å². The van der Waals surface area contributed by atoms with Crippen LogP contribution >= 0.6 is 0 Å². The lowest BCUT2D eigenvalue weighted by atomic mass is 10.0. The Labute approximate surface area is 258 Å². The number of unbranched alkanes of at least 4 members (excludes halogenated alkanes) is 2. The number of hydrogen-bond donors (Lipinski definition) is 2. The maximum Gasteiger partial charge on any atom is 0.262 e. The third kappa shape index (κ3) is 6.39. The first-order valence-corrected chi connectivity index (χ1v) is 15.0. The van der Waals surface area contributed by atoms with E-state index < -0.39 is 35.7 Å². The highest BCUT2D eigenvalue weighted by molar-refractivity contribution is 6.24. The fraction of sp³-hybridized carbons (Fsp3) is 0.294. The summed E-state index contributed by atoms with van der Waals surface area (Å²) in [4.78, 5) is 68.2. The van der Waals surface area contributed by atoms with E-state index in [1.165, 1.54) is 0 Å². The Bertz CT molecular complexity index is 1730. The first kappa shape index (κ1) is 29.9. The van der Waals surface area contributed by atoms with Crippen LogP contribution in [0.1, 0.15) is 82.2 Å². The number of nitrogens with one attached hydrogen (secondary N) is 2. The number of ether oxygens (including phenoxy) is 1. The minimum Gasteiger partial charge on any atom is -0.459 e. The minimum atomic E-state index is -1.01. The lowest BCUT2D eigenvalue weighted by molar-refractivity contribution is -0.136. The molecule has 0 bridgehead atoms. The molecule has 1 saturated heterocycles. The molecule has 11 nitrogen and oxygen atoms in total. The minimum absolute atomic E-state index is 0.0633. The lowest BCUT2D eigenvalue weighted by Crippen LogP contribution is -2.54. The van der Waals surface area contributed by atoms with Crippen LogP contribution < -0.4 is 10.6 Å². The van der Waals surface area contributed by atoms with Gasteiger partial charge in [0.2, 0.25) is 17.7 Å². The van der Waals surface area contributed by atoms with Crippen molar-refractivity contribution in [2.45, 2.75) is 57.2 Å². The van der Waals surface area contributed by atoms with Crippen LogP contribution in [-0.4, -0.2) is 52.1 Å². The van der Waals surface area contributed by atoms with E-state index in [-0.39, 0.29) is 36.5 Å². The van der Waals surface area contributed by atoms with Gasteiger partial charge in [-0.2, -0.15) is 0 Å². The molecule has 230 valence electrons. The lowest BCUT2D eigenvalue weighted by Gasteiger charge is -2.27. The zero-order valence-electron chi connectivity index (χ0n) is 24.5. The van der Waals surface area contributed by atoms with Crippen molar-refractivity contribution in [2.75, 3.05) is 6.61 Å². The molecule has 4 aromatic rings. The van der Waals surface area contributed by atoms with E-state index >= 15 is 0 Å². The number of rotatable bonds is 12. The molecule has 11 heteroatoms. The van der Waals surface area contributed by atoms with E-state index in [4.69, 9.17) is 9.15 Å². The van der Waals surface area contributed by atoms with Gasteiger partial charge < -0.3 is 14.5 Å². The summed E-state index contributed by atoms with van der Waals surface area (Å²) in [6.07, 6.45) is 6.00. The second-order valence-electron chi connectivity index (χ2n) is 11.1. The topological polar surface area (TPSA) is 148 Å². The van der Waals surface area contributed by atoms with E-state index in [2.05, 4.69) is 15.6 Å². The first-order valence-electron chi connectivity index (χ1n) is 15.0. The molecule has 2 aromatic carbocycles. The number of fused-ring (bicyclic) bond motifs is 2. The molecule has 0 radical (unpaired) electrons. The average Bonchev–Trinajstić information content (AvgIpc) is 3.58. The van der Waals surface area contributed by atoms with Crippen LogP contribution in [0.4, 0.5) is 0 Å². The normalized spacial score (nSPS) is 17.0. The number of carbonyl (C=O) groups excluding carboxylic acids is 5. The number of aromatic nitrogens is 1. The molecule has 2 unspecified atom stereocenters. The van der Waals surface area contributed by atoms with Gasteiger partial charge >= 0.3 is 0 Å². The molecule has 5 amide bonds. The highest BCUT2D eigenvalue weighted by Crippen LogP contribution is 2.31. The Balaban J connectivity index is 0.978. The molecule has 0 saturated carbocycles. The Morgan fingerprint density at radius 1 is 1.02 bits per heavy atom. The number of piperidine rings is 1. The Morgan fingerprint density at radius 2 is 1.89 bits per heavy atom. The number of amides is 5. The third-order valence-corrected chi connectivity index (χ3v) is 8.06. The van der Waals surface area contributed by atoms with Crippen LogP contribution in [0, 0.1) is 0 Å². The fourth-order valence-electron chi connectivity index (χ4n) is 5.80. The van der Waals surface area contributed by atoms with E-state index in [0.29, 0.717) is 37.2 Å². The van der Waals surface area contributed by atoms with E-state index in [1.807, 2.05) is 42.5 Å². The van der Waals surface area contributed by atoms with Crippen LogP contribution in [0.2, 0.25) is 0 Å². The summed E-state index contributed by atoms with van der Waals surface area (Å²) in [6.45, 7) is 0.526. The van der Waals surface area contributed by atoms with Gasteiger partial charge in [-0.3, -0.25) is 39.2 Å². The van der Waals surface area contributed by atoms with E-state index in [1.54, 1.807) is 30.6 Å². The molecule has 0 aliphatic carbocycles. The molecule has 4 heterocycles. The van der Waals surface area contributed by atoms with Crippen LogP contribution in [0.3, 0.4) is 0 Å². The summed E-state index contributed by atoms with van der Waals surface area (Å²) in [5, 5.41) is 6.25. The first-order chi connectivity index (χ1) is 21.9. The summed E-state index contributed by atoms with van der Waals surface area (Å²) in [5.41, 5.74) is 2.59. The molecule has 2 aromatic heterocycles. The summed E-state index contributed by atoms with van der Waals surface area (Å²) < 4.78 is 11.9. The fourth-order valence-corrected chi connectivity index (χ4v) is 5.80. The number of benzene rings is 2. The number of para-hydroxylation sites is 1. The van der Waals surface area contributed by atoms with Gasteiger partial charge in [0.25, 0.3) is 11.8 Å².